The first-order chi connectivity index (χ1) is 7.15. The van der Waals surface area contributed by atoms with Gasteiger partial charge in [-0.25, -0.2) is 0 Å². The molecule has 2 heteroatoms. The Kier molecular flexibility index (Phi) is 3.25. The molecule has 0 radical (unpaired) electrons. The van der Waals surface area contributed by atoms with E-state index in [9.17, 15) is 4.79 Å². The first kappa shape index (κ1) is 10.9. The monoisotopic (exact) mass is 266 g/mol. The average molecular weight is 267 g/mol. The summed E-state index contributed by atoms with van der Waals surface area (Å²) in [6.45, 7) is 2.17. The minimum Gasteiger partial charge on any atom is -0.299 e. The van der Waals surface area contributed by atoms with Crippen molar-refractivity contribution in [2.24, 2.45) is 11.8 Å². The lowest BCUT2D eigenvalue weighted by Crippen LogP contribution is -2.09. The van der Waals surface area contributed by atoms with Gasteiger partial charge in [-0.2, -0.15) is 0 Å². The maximum Gasteiger partial charge on any atom is 0.136 e. The molecule has 15 heavy (non-hydrogen) atoms. The second-order valence-corrected chi connectivity index (χ2v) is 5.45. The first-order valence-electron chi connectivity index (χ1n) is 5.42. The van der Waals surface area contributed by atoms with Crippen LogP contribution in [0.5, 0.6) is 0 Å². The van der Waals surface area contributed by atoms with Crippen LogP contribution in [0.1, 0.15) is 25.3 Å². The summed E-state index contributed by atoms with van der Waals surface area (Å²) in [6.07, 6.45) is 2.76. The van der Waals surface area contributed by atoms with Crippen LogP contribution in [0.25, 0.3) is 0 Å². The lowest BCUT2D eigenvalue weighted by Gasteiger charge is -2.08. The van der Waals surface area contributed by atoms with E-state index in [1.54, 1.807) is 0 Å². The summed E-state index contributed by atoms with van der Waals surface area (Å²) in [5, 5.41) is 0. The molecule has 1 unspecified atom stereocenters. The highest BCUT2D eigenvalue weighted by molar-refractivity contribution is 9.10. The molecule has 1 nitrogen and oxygen atoms in total. The fourth-order valence-electron chi connectivity index (χ4n) is 2.31. The predicted molar refractivity (Wildman–Crippen MR) is 64.7 cm³/mol. The Morgan fingerprint density at radius 2 is 2.00 bits per heavy atom. The van der Waals surface area contributed by atoms with E-state index in [2.05, 4.69) is 35.0 Å². The van der Waals surface area contributed by atoms with E-state index in [1.165, 1.54) is 5.56 Å². The fraction of sp³-hybridized carbons (Fsp3) is 0.462. The van der Waals surface area contributed by atoms with Crippen LogP contribution in [0, 0.1) is 11.8 Å². The zero-order valence-corrected chi connectivity index (χ0v) is 10.5. The van der Waals surface area contributed by atoms with E-state index < -0.39 is 0 Å². The second-order valence-electron chi connectivity index (χ2n) is 4.54. The van der Waals surface area contributed by atoms with Gasteiger partial charge in [0.25, 0.3) is 0 Å². The molecule has 0 saturated heterocycles. The number of halogens is 1. The number of ketones is 1. The van der Waals surface area contributed by atoms with Crippen LogP contribution < -0.4 is 0 Å². The Hall–Kier alpha value is -0.630. The van der Waals surface area contributed by atoms with E-state index in [0.717, 1.165) is 23.7 Å². The summed E-state index contributed by atoms with van der Waals surface area (Å²) >= 11 is 3.41. The zero-order valence-electron chi connectivity index (χ0n) is 8.87. The molecule has 1 aliphatic rings. The van der Waals surface area contributed by atoms with Crippen molar-refractivity contribution in [1.82, 2.24) is 0 Å². The Balaban J connectivity index is 2.03. The highest BCUT2D eigenvalue weighted by atomic mass is 79.9. The summed E-state index contributed by atoms with van der Waals surface area (Å²) in [6, 6.07) is 8.27. The molecule has 2 atom stereocenters. The quantitative estimate of drug-likeness (QED) is 0.800. The van der Waals surface area contributed by atoms with Crippen molar-refractivity contribution in [1.29, 1.82) is 0 Å². The largest absolute Gasteiger partial charge is 0.299 e. The first-order valence-corrected chi connectivity index (χ1v) is 6.21. The van der Waals surface area contributed by atoms with Crippen molar-refractivity contribution < 1.29 is 4.79 Å². The predicted octanol–water partition coefficient (Wildman–Crippen LogP) is 3.61. The molecule has 0 heterocycles. The van der Waals surface area contributed by atoms with Crippen molar-refractivity contribution in [2.75, 3.05) is 0 Å². The van der Waals surface area contributed by atoms with Gasteiger partial charge in [-0.1, -0.05) is 35.0 Å². The Morgan fingerprint density at radius 3 is 2.53 bits per heavy atom. The van der Waals surface area contributed by atoms with E-state index in [4.69, 9.17) is 0 Å². The van der Waals surface area contributed by atoms with Gasteiger partial charge in [-0.05, 0) is 36.5 Å². The van der Waals surface area contributed by atoms with Gasteiger partial charge >= 0.3 is 0 Å². The highest BCUT2D eigenvalue weighted by Crippen LogP contribution is 2.30. The number of Topliss-reactive ketones (excluding diaryl/α,β-unsaturated/α-hetero) is 1. The lowest BCUT2D eigenvalue weighted by atomic mass is 9.96. The Morgan fingerprint density at radius 1 is 1.33 bits per heavy atom. The molecule has 80 valence electrons. The molecule has 0 N–H and O–H groups in total. The number of hydrogen-bond donors (Lipinski definition) is 0. The Bertz CT molecular complexity index is 355. The van der Waals surface area contributed by atoms with E-state index in [-0.39, 0.29) is 5.92 Å². The van der Waals surface area contributed by atoms with Gasteiger partial charge in [-0.15, -0.1) is 0 Å². The van der Waals surface area contributed by atoms with Crippen molar-refractivity contribution in [3.8, 4) is 0 Å². The van der Waals surface area contributed by atoms with Crippen LogP contribution in [-0.2, 0) is 11.2 Å². The number of carbonyl (C=O) groups excluding carboxylic acids is 1. The second kappa shape index (κ2) is 4.48. The summed E-state index contributed by atoms with van der Waals surface area (Å²) in [5.74, 6) is 1.30. The van der Waals surface area contributed by atoms with Crippen LogP contribution >= 0.6 is 15.9 Å². The molecular weight excluding hydrogens is 252 g/mol. The molecule has 0 bridgehead atoms. The standard InChI is InChI=1S/C13H15BrO/c1-9-6-11(13(15)7-9)8-10-2-4-12(14)5-3-10/h2-5,9,11H,6-8H2,1H3/t9-,11?/m1/s1. The van der Waals surface area contributed by atoms with Crippen LogP contribution in [0.2, 0.25) is 0 Å². The normalized spacial score (nSPS) is 25.9. The molecule has 0 amide bonds. The smallest absolute Gasteiger partial charge is 0.136 e. The van der Waals surface area contributed by atoms with E-state index in [1.807, 2.05) is 12.1 Å². The van der Waals surface area contributed by atoms with Gasteiger partial charge in [0, 0.05) is 16.8 Å². The maximum atomic E-state index is 11.6. The van der Waals surface area contributed by atoms with Crippen LogP contribution in [0.15, 0.2) is 28.7 Å². The van der Waals surface area contributed by atoms with Gasteiger partial charge in [0.05, 0.1) is 0 Å². The van der Waals surface area contributed by atoms with Crippen LogP contribution in [-0.4, -0.2) is 5.78 Å². The summed E-state index contributed by atoms with van der Waals surface area (Å²) in [5.41, 5.74) is 1.27. The molecule has 1 saturated carbocycles. The van der Waals surface area contributed by atoms with Gasteiger partial charge in [-0.3, -0.25) is 4.79 Å². The summed E-state index contributed by atoms with van der Waals surface area (Å²) < 4.78 is 1.09. The summed E-state index contributed by atoms with van der Waals surface area (Å²) in [4.78, 5) is 11.6. The van der Waals surface area contributed by atoms with Gasteiger partial charge < -0.3 is 0 Å². The SMILES string of the molecule is C[C@H]1CC(=O)C(Cc2ccc(Br)cc2)C1. The summed E-state index contributed by atoms with van der Waals surface area (Å²) in [7, 11) is 0. The molecule has 1 aliphatic carbocycles. The molecule has 0 aliphatic heterocycles. The van der Waals surface area contributed by atoms with Gasteiger partial charge in [0.15, 0.2) is 0 Å². The van der Waals surface area contributed by atoms with E-state index in [0.29, 0.717) is 11.7 Å². The lowest BCUT2D eigenvalue weighted by molar-refractivity contribution is -0.120. The topological polar surface area (TPSA) is 17.1 Å². The third-order valence-corrected chi connectivity index (χ3v) is 3.62. The maximum absolute atomic E-state index is 11.6. The molecule has 2 rings (SSSR count). The number of benzene rings is 1. The Labute approximate surface area is 99.0 Å². The highest BCUT2D eigenvalue weighted by Gasteiger charge is 2.29. The molecule has 1 aromatic carbocycles. The van der Waals surface area contributed by atoms with Gasteiger partial charge in [0.1, 0.15) is 5.78 Å². The fourth-order valence-corrected chi connectivity index (χ4v) is 2.58. The molecule has 1 fully saturated rings. The van der Waals surface area contributed by atoms with Crippen molar-refractivity contribution in [3.05, 3.63) is 34.3 Å². The molecule has 0 aromatic heterocycles. The third kappa shape index (κ3) is 2.69. The molecular formula is C13H15BrO. The number of hydrogen-bond acceptors (Lipinski definition) is 1. The average Bonchev–Trinajstić information content (AvgIpc) is 2.49. The van der Waals surface area contributed by atoms with Crippen molar-refractivity contribution >= 4 is 21.7 Å². The molecule has 1 aromatic rings. The van der Waals surface area contributed by atoms with E-state index >= 15 is 0 Å². The third-order valence-electron chi connectivity index (χ3n) is 3.09. The van der Waals surface area contributed by atoms with Crippen molar-refractivity contribution in [2.45, 2.75) is 26.2 Å². The van der Waals surface area contributed by atoms with Crippen LogP contribution in [0.3, 0.4) is 0 Å². The zero-order chi connectivity index (χ0) is 10.8. The minimum atomic E-state index is 0.265. The van der Waals surface area contributed by atoms with Crippen LogP contribution in [0.4, 0.5) is 0 Å². The molecule has 0 spiro atoms. The van der Waals surface area contributed by atoms with Gasteiger partial charge in [0.2, 0.25) is 0 Å². The minimum absolute atomic E-state index is 0.265. The van der Waals surface area contributed by atoms with Crippen molar-refractivity contribution in [3.63, 3.8) is 0 Å². The number of rotatable bonds is 2. The number of carbonyl (C=O) groups is 1.